The van der Waals surface area contributed by atoms with Crippen LogP contribution in [0.25, 0.3) is 0 Å². The third-order valence-corrected chi connectivity index (χ3v) is 3.37. The summed E-state index contributed by atoms with van der Waals surface area (Å²) in [4.78, 5) is 13.8. The smallest absolute Gasteiger partial charge is 0.387 e. The summed E-state index contributed by atoms with van der Waals surface area (Å²) in [7, 11) is 0. The fourth-order valence-electron chi connectivity index (χ4n) is 2.37. The first-order chi connectivity index (χ1) is 10.5. The number of amides is 1. The first-order valence-electron chi connectivity index (χ1n) is 7.15. The molecule has 5 nitrogen and oxygen atoms in total. The number of hydrogen-bond acceptors (Lipinski definition) is 4. The fraction of sp³-hybridized carbons (Fsp3) is 0.533. The maximum absolute atomic E-state index is 12.3. The van der Waals surface area contributed by atoms with Crippen LogP contribution in [0.15, 0.2) is 24.3 Å². The van der Waals surface area contributed by atoms with E-state index in [0.717, 1.165) is 0 Å². The van der Waals surface area contributed by atoms with Gasteiger partial charge in [0.25, 0.3) is 0 Å². The van der Waals surface area contributed by atoms with Crippen LogP contribution in [0.2, 0.25) is 0 Å². The van der Waals surface area contributed by atoms with Crippen LogP contribution in [0.1, 0.15) is 25.0 Å². The molecule has 122 valence electrons. The molecular formula is C15H20F2N2O3. The Labute approximate surface area is 128 Å². The quantitative estimate of drug-likeness (QED) is 0.902. The summed E-state index contributed by atoms with van der Waals surface area (Å²) in [6.45, 7) is 0.196. The third-order valence-electron chi connectivity index (χ3n) is 3.37. The second-order valence-electron chi connectivity index (χ2n) is 5.33. The summed E-state index contributed by atoms with van der Waals surface area (Å²) < 4.78 is 34.6. The predicted octanol–water partition coefficient (Wildman–Crippen LogP) is 1.93. The van der Waals surface area contributed by atoms with Gasteiger partial charge in [-0.25, -0.2) is 0 Å². The van der Waals surface area contributed by atoms with Crippen LogP contribution in [0.5, 0.6) is 5.75 Å². The molecule has 0 bridgehead atoms. The largest absolute Gasteiger partial charge is 0.435 e. The number of carbonyl (C=O) groups is 1. The standard InChI is InChI=1S/C15H20F2N2O3/c1-10(18)7-14(20)19-5-6-21-13(9-19)11-3-2-4-12(8-11)22-15(16)17/h2-4,8,10,13,15H,5-7,9,18H2,1H3. The highest BCUT2D eigenvalue weighted by Crippen LogP contribution is 2.26. The van der Waals surface area contributed by atoms with E-state index in [9.17, 15) is 13.6 Å². The Morgan fingerprint density at radius 1 is 1.55 bits per heavy atom. The maximum Gasteiger partial charge on any atom is 0.387 e. The van der Waals surface area contributed by atoms with E-state index in [4.69, 9.17) is 10.5 Å². The Hall–Kier alpha value is -1.73. The summed E-state index contributed by atoms with van der Waals surface area (Å²) in [5, 5.41) is 0. The van der Waals surface area contributed by atoms with Crippen LogP contribution in [0.3, 0.4) is 0 Å². The number of morpholine rings is 1. The van der Waals surface area contributed by atoms with Crippen LogP contribution < -0.4 is 10.5 Å². The zero-order valence-corrected chi connectivity index (χ0v) is 12.4. The van der Waals surface area contributed by atoms with Crippen LogP contribution in [0, 0.1) is 0 Å². The number of alkyl halides is 2. The molecule has 0 aromatic heterocycles. The van der Waals surface area contributed by atoms with Crippen molar-refractivity contribution in [3.05, 3.63) is 29.8 Å². The van der Waals surface area contributed by atoms with Crippen molar-refractivity contribution in [1.29, 1.82) is 0 Å². The van der Waals surface area contributed by atoms with Gasteiger partial charge in [0, 0.05) is 19.0 Å². The zero-order valence-electron chi connectivity index (χ0n) is 12.4. The van der Waals surface area contributed by atoms with Gasteiger partial charge in [-0.2, -0.15) is 8.78 Å². The first-order valence-corrected chi connectivity index (χ1v) is 7.15. The summed E-state index contributed by atoms with van der Waals surface area (Å²) in [5.74, 6) is 0.0541. The summed E-state index contributed by atoms with van der Waals surface area (Å²) in [5.41, 5.74) is 6.35. The van der Waals surface area contributed by atoms with Gasteiger partial charge in [-0.1, -0.05) is 12.1 Å². The SMILES string of the molecule is CC(N)CC(=O)N1CCOC(c2cccc(OC(F)F)c2)C1. The van der Waals surface area contributed by atoms with Gasteiger partial charge in [0.05, 0.1) is 13.2 Å². The lowest BCUT2D eigenvalue weighted by molar-refractivity contribution is -0.139. The van der Waals surface area contributed by atoms with Crippen molar-refractivity contribution in [2.75, 3.05) is 19.7 Å². The van der Waals surface area contributed by atoms with Crippen LogP contribution in [-0.4, -0.2) is 43.2 Å². The number of benzene rings is 1. The normalized spacial score (nSPS) is 20.0. The summed E-state index contributed by atoms with van der Waals surface area (Å²) in [6, 6.07) is 6.16. The van der Waals surface area contributed by atoms with Crippen molar-refractivity contribution in [2.45, 2.75) is 32.1 Å². The number of hydrogen-bond donors (Lipinski definition) is 1. The molecule has 1 aliphatic rings. The van der Waals surface area contributed by atoms with E-state index >= 15 is 0 Å². The number of nitrogens with two attached hydrogens (primary N) is 1. The molecule has 2 atom stereocenters. The zero-order chi connectivity index (χ0) is 16.1. The molecule has 2 rings (SSSR count). The molecule has 1 fully saturated rings. The molecule has 1 aliphatic heterocycles. The van der Waals surface area contributed by atoms with E-state index in [-0.39, 0.29) is 30.2 Å². The highest BCUT2D eigenvalue weighted by Gasteiger charge is 2.26. The van der Waals surface area contributed by atoms with Crippen molar-refractivity contribution < 1.29 is 23.0 Å². The van der Waals surface area contributed by atoms with Gasteiger partial charge in [-0.05, 0) is 24.6 Å². The number of nitrogens with zero attached hydrogens (tertiary/aromatic N) is 1. The first kappa shape index (κ1) is 16.6. The maximum atomic E-state index is 12.3. The summed E-state index contributed by atoms with van der Waals surface area (Å²) in [6.07, 6.45) is -0.0756. The Bertz CT molecular complexity index is 511. The Kier molecular flexibility index (Phi) is 5.68. The highest BCUT2D eigenvalue weighted by molar-refractivity contribution is 5.76. The molecule has 0 saturated carbocycles. The number of halogens is 2. The van der Waals surface area contributed by atoms with E-state index in [2.05, 4.69) is 4.74 Å². The molecule has 1 heterocycles. The predicted molar refractivity (Wildman–Crippen MR) is 76.6 cm³/mol. The lowest BCUT2D eigenvalue weighted by Crippen LogP contribution is -2.43. The molecule has 22 heavy (non-hydrogen) atoms. The second-order valence-corrected chi connectivity index (χ2v) is 5.33. The fourth-order valence-corrected chi connectivity index (χ4v) is 2.37. The van der Waals surface area contributed by atoms with E-state index in [1.165, 1.54) is 12.1 Å². The topological polar surface area (TPSA) is 64.8 Å². The molecule has 0 spiro atoms. The Balaban J connectivity index is 2.04. The Morgan fingerprint density at radius 3 is 3.00 bits per heavy atom. The van der Waals surface area contributed by atoms with Gasteiger partial charge in [-0.15, -0.1) is 0 Å². The lowest BCUT2D eigenvalue weighted by Gasteiger charge is -2.33. The molecule has 0 radical (unpaired) electrons. The van der Waals surface area contributed by atoms with E-state index in [1.807, 2.05) is 0 Å². The average Bonchev–Trinajstić information content (AvgIpc) is 2.46. The molecule has 1 aromatic carbocycles. The number of carbonyl (C=O) groups excluding carboxylic acids is 1. The number of ether oxygens (including phenoxy) is 2. The van der Waals surface area contributed by atoms with Crippen molar-refractivity contribution in [2.24, 2.45) is 5.73 Å². The minimum atomic E-state index is -2.87. The van der Waals surface area contributed by atoms with Gasteiger partial charge in [0.1, 0.15) is 11.9 Å². The van der Waals surface area contributed by atoms with Crippen LogP contribution in [0.4, 0.5) is 8.78 Å². The van der Waals surface area contributed by atoms with E-state index in [0.29, 0.717) is 25.3 Å². The van der Waals surface area contributed by atoms with Gasteiger partial charge < -0.3 is 20.1 Å². The van der Waals surface area contributed by atoms with E-state index < -0.39 is 6.61 Å². The minimum Gasteiger partial charge on any atom is -0.435 e. The molecular weight excluding hydrogens is 294 g/mol. The van der Waals surface area contributed by atoms with E-state index in [1.54, 1.807) is 24.0 Å². The van der Waals surface area contributed by atoms with Gasteiger partial charge >= 0.3 is 6.61 Å². The number of rotatable bonds is 5. The second kappa shape index (κ2) is 7.51. The van der Waals surface area contributed by atoms with Crippen molar-refractivity contribution in [1.82, 2.24) is 4.90 Å². The highest BCUT2D eigenvalue weighted by atomic mass is 19.3. The van der Waals surface area contributed by atoms with Crippen molar-refractivity contribution in [3.8, 4) is 5.75 Å². The minimum absolute atomic E-state index is 0.0247. The van der Waals surface area contributed by atoms with Gasteiger partial charge in [0.2, 0.25) is 5.91 Å². The molecule has 7 heteroatoms. The molecule has 2 N–H and O–H groups in total. The van der Waals surface area contributed by atoms with Crippen molar-refractivity contribution in [3.63, 3.8) is 0 Å². The van der Waals surface area contributed by atoms with Crippen molar-refractivity contribution >= 4 is 5.91 Å². The van der Waals surface area contributed by atoms with Crippen LogP contribution in [-0.2, 0) is 9.53 Å². The van der Waals surface area contributed by atoms with Crippen LogP contribution >= 0.6 is 0 Å². The molecule has 0 aliphatic carbocycles. The third kappa shape index (κ3) is 4.64. The summed E-state index contributed by atoms with van der Waals surface area (Å²) >= 11 is 0. The monoisotopic (exact) mass is 314 g/mol. The van der Waals surface area contributed by atoms with Gasteiger partial charge in [0.15, 0.2) is 0 Å². The molecule has 1 aromatic rings. The Morgan fingerprint density at radius 2 is 2.32 bits per heavy atom. The average molecular weight is 314 g/mol. The van der Waals surface area contributed by atoms with Gasteiger partial charge in [-0.3, -0.25) is 4.79 Å². The molecule has 2 unspecified atom stereocenters. The lowest BCUT2D eigenvalue weighted by atomic mass is 10.1. The molecule has 1 amide bonds. The molecule has 1 saturated heterocycles.